The van der Waals surface area contributed by atoms with E-state index in [0.29, 0.717) is 29.0 Å². The van der Waals surface area contributed by atoms with Crippen LogP contribution in [-0.2, 0) is 6.42 Å². The molecule has 0 radical (unpaired) electrons. The summed E-state index contributed by atoms with van der Waals surface area (Å²) in [6.07, 6.45) is 1.65. The minimum absolute atomic E-state index is 0.193. The number of benzene rings is 1. The van der Waals surface area contributed by atoms with Gasteiger partial charge in [0.05, 0.1) is 0 Å². The average Bonchev–Trinajstić information content (AvgIpc) is 2.25. The van der Waals surface area contributed by atoms with Crippen molar-refractivity contribution in [3.63, 3.8) is 0 Å². The standard InChI is InChI=1S/C14H21ClFN/c1-10(2)17-9-11(3)7-8-12-13(15)5-4-6-14(12)16/h4-6,10-11,17H,7-9H2,1-3H3. The van der Waals surface area contributed by atoms with Crippen molar-refractivity contribution in [2.24, 2.45) is 5.92 Å². The van der Waals surface area contributed by atoms with Crippen LogP contribution in [0, 0.1) is 11.7 Å². The van der Waals surface area contributed by atoms with E-state index in [9.17, 15) is 4.39 Å². The predicted octanol–water partition coefficient (Wildman–Crippen LogP) is 4.05. The molecular weight excluding hydrogens is 237 g/mol. The molecule has 1 atom stereocenters. The Morgan fingerprint density at radius 2 is 2.00 bits per heavy atom. The zero-order valence-corrected chi connectivity index (χ0v) is 11.5. The maximum Gasteiger partial charge on any atom is 0.127 e. The maximum atomic E-state index is 13.5. The Labute approximate surface area is 108 Å². The van der Waals surface area contributed by atoms with Crippen LogP contribution in [0.2, 0.25) is 5.02 Å². The Balaban J connectivity index is 2.44. The molecule has 0 heterocycles. The molecule has 0 saturated carbocycles. The van der Waals surface area contributed by atoms with Crippen molar-refractivity contribution in [3.05, 3.63) is 34.6 Å². The minimum atomic E-state index is -0.193. The predicted molar refractivity (Wildman–Crippen MR) is 72.0 cm³/mol. The van der Waals surface area contributed by atoms with Gasteiger partial charge in [0.15, 0.2) is 0 Å². The molecule has 0 aliphatic carbocycles. The molecule has 0 amide bonds. The Hall–Kier alpha value is -0.600. The molecule has 0 spiro atoms. The highest BCUT2D eigenvalue weighted by Crippen LogP contribution is 2.21. The first-order chi connectivity index (χ1) is 8.00. The molecule has 1 unspecified atom stereocenters. The molecule has 1 nitrogen and oxygen atoms in total. The van der Waals surface area contributed by atoms with Crippen LogP contribution in [0.1, 0.15) is 32.8 Å². The number of halogens is 2. The van der Waals surface area contributed by atoms with E-state index in [0.717, 1.165) is 13.0 Å². The summed E-state index contributed by atoms with van der Waals surface area (Å²) in [5, 5.41) is 3.92. The molecule has 1 rings (SSSR count). The quantitative estimate of drug-likeness (QED) is 0.811. The molecule has 1 aromatic rings. The van der Waals surface area contributed by atoms with Crippen molar-refractivity contribution >= 4 is 11.6 Å². The number of hydrogen-bond donors (Lipinski definition) is 1. The van der Waals surface area contributed by atoms with E-state index < -0.39 is 0 Å². The van der Waals surface area contributed by atoms with Gasteiger partial charge in [-0.15, -0.1) is 0 Å². The van der Waals surface area contributed by atoms with E-state index in [2.05, 4.69) is 26.1 Å². The number of rotatable bonds is 6. The molecule has 0 fully saturated rings. The van der Waals surface area contributed by atoms with Gasteiger partial charge in [-0.25, -0.2) is 4.39 Å². The topological polar surface area (TPSA) is 12.0 Å². The fourth-order valence-corrected chi connectivity index (χ4v) is 1.96. The van der Waals surface area contributed by atoms with Crippen molar-refractivity contribution in [2.75, 3.05) is 6.54 Å². The molecular formula is C14H21ClFN. The van der Waals surface area contributed by atoms with Gasteiger partial charge >= 0.3 is 0 Å². The SMILES string of the molecule is CC(CCc1c(F)cccc1Cl)CNC(C)C. The van der Waals surface area contributed by atoms with Crippen LogP contribution in [0.15, 0.2) is 18.2 Å². The van der Waals surface area contributed by atoms with E-state index in [4.69, 9.17) is 11.6 Å². The zero-order chi connectivity index (χ0) is 12.8. The smallest absolute Gasteiger partial charge is 0.127 e. The van der Waals surface area contributed by atoms with E-state index in [-0.39, 0.29) is 5.82 Å². The maximum absolute atomic E-state index is 13.5. The van der Waals surface area contributed by atoms with Crippen LogP contribution in [0.4, 0.5) is 4.39 Å². The van der Waals surface area contributed by atoms with E-state index >= 15 is 0 Å². The van der Waals surface area contributed by atoms with Gasteiger partial charge in [0.2, 0.25) is 0 Å². The first kappa shape index (κ1) is 14.5. The second kappa shape index (κ2) is 6.97. The lowest BCUT2D eigenvalue weighted by Crippen LogP contribution is -2.28. The summed E-state index contributed by atoms with van der Waals surface area (Å²) in [5.41, 5.74) is 0.644. The summed E-state index contributed by atoms with van der Waals surface area (Å²) in [5.74, 6) is 0.328. The highest BCUT2D eigenvalue weighted by molar-refractivity contribution is 6.31. The van der Waals surface area contributed by atoms with Crippen LogP contribution in [-0.4, -0.2) is 12.6 Å². The number of hydrogen-bond acceptors (Lipinski definition) is 1. The highest BCUT2D eigenvalue weighted by Gasteiger charge is 2.09. The molecule has 0 aliphatic heterocycles. The van der Waals surface area contributed by atoms with Crippen LogP contribution < -0.4 is 5.32 Å². The molecule has 3 heteroatoms. The average molecular weight is 258 g/mol. The number of nitrogens with one attached hydrogen (secondary N) is 1. The molecule has 1 N–H and O–H groups in total. The van der Waals surface area contributed by atoms with Crippen LogP contribution in [0.25, 0.3) is 0 Å². The van der Waals surface area contributed by atoms with Gasteiger partial charge in [0, 0.05) is 16.6 Å². The largest absolute Gasteiger partial charge is 0.314 e. The second-order valence-electron chi connectivity index (χ2n) is 4.91. The van der Waals surface area contributed by atoms with Crippen molar-refractivity contribution < 1.29 is 4.39 Å². The van der Waals surface area contributed by atoms with Gasteiger partial charge in [-0.1, -0.05) is 38.4 Å². The van der Waals surface area contributed by atoms with Gasteiger partial charge < -0.3 is 5.32 Å². The lowest BCUT2D eigenvalue weighted by Gasteiger charge is -2.15. The van der Waals surface area contributed by atoms with E-state index in [1.165, 1.54) is 6.07 Å². The summed E-state index contributed by atoms with van der Waals surface area (Å²) < 4.78 is 13.5. The fourth-order valence-electron chi connectivity index (χ4n) is 1.70. The van der Waals surface area contributed by atoms with Gasteiger partial charge in [-0.05, 0) is 37.4 Å². The Morgan fingerprint density at radius 3 is 2.59 bits per heavy atom. The summed E-state index contributed by atoms with van der Waals surface area (Å²) in [6, 6.07) is 5.36. The molecule has 0 saturated heterocycles. The Kier molecular flexibility index (Phi) is 5.93. The fraction of sp³-hybridized carbons (Fsp3) is 0.571. The normalized spacial score (nSPS) is 13.1. The van der Waals surface area contributed by atoms with E-state index in [1.807, 2.05) is 0 Å². The molecule has 0 aromatic heterocycles. The first-order valence-electron chi connectivity index (χ1n) is 6.17. The van der Waals surface area contributed by atoms with Gasteiger partial charge in [-0.2, -0.15) is 0 Å². The molecule has 0 bridgehead atoms. The monoisotopic (exact) mass is 257 g/mol. The van der Waals surface area contributed by atoms with Crippen molar-refractivity contribution in [1.82, 2.24) is 5.32 Å². The van der Waals surface area contributed by atoms with Crippen molar-refractivity contribution in [2.45, 2.75) is 39.7 Å². The summed E-state index contributed by atoms with van der Waals surface area (Å²) in [7, 11) is 0. The lowest BCUT2D eigenvalue weighted by molar-refractivity contribution is 0.450. The highest BCUT2D eigenvalue weighted by atomic mass is 35.5. The first-order valence-corrected chi connectivity index (χ1v) is 6.54. The van der Waals surface area contributed by atoms with Gasteiger partial charge in [0.1, 0.15) is 5.82 Å². The van der Waals surface area contributed by atoms with Gasteiger partial charge in [0.25, 0.3) is 0 Å². The van der Waals surface area contributed by atoms with Crippen LogP contribution in [0.5, 0.6) is 0 Å². The molecule has 96 valence electrons. The minimum Gasteiger partial charge on any atom is -0.314 e. The second-order valence-corrected chi connectivity index (χ2v) is 5.31. The zero-order valence-electron chi connectivity index (χ0n) is 10.8. The Bertz CT molecular complexity index is 332. The summed E-state index contributed by atoms with van der Waals surface area (Å²) in [6.45, 7) is 7.38. The Morgan fingerprint density at radius 1 is 1.29 bits per heavy atom. The van der Waals surface area contributed by atoms with Crippen LogP contribution in [0.3, 0.4) is 0 Å². The van der Waals surface area contributed by atoms with Crippen molar-refractivity contribution in [1.29, 1.82) is 0 Å². The third-order valence-electron chi connectivity index (χ3n) is 2.82. The summed E-state index contributed by atoms with van der Waals surface area (Å²) >= 11 is 5.98. The third kappa shape index (κ3) is 5.05. The third-order valence-corrected chi connectivity index (χ3v) is 3.18. The van der Waals surface area contributed by atoms with Crippen LogP contribution >= 0.6 is 11.6 Å². The van der Waals surface area contributed by atoms with Gasteiger partial charge in [-0.3, -0.25) is 0 Å². The van der Waals surface area contributed by atoms with E-state index in [1.54, 1.807) is 12.1 Å². The van der Waals surface area contributed by atoms with Crippen molar-refractivity contribution in [3.8, 4) is 0 Å². The lowest BCUT2D eigenvalue weighted by atomic mass is 10.0. The molecule has 1 aromatic carbocycles. The summed E-state index contributed by atoms with van der Waals surface area (Å²) in [4.78, 5) is 0. The molecule has 17 heavy (non-hydrogen) atoms. The molecule has 0 aliphatic rings.